The lowest BCUT2D eigenvalue weighted by Crippen LogP contribution is -2.53. The number of unbranched alkanes of at least 4 members (excludes halogenated alkanes) is 7. The lowest BCUT2D eigenvalue weighted by Gasteiger charge is -2.37. The van der Waals surface area contributed by atoms with Gasteiger partial charge in [0.1, 0.15) is 12.3 Å². The third-order valence-electron chi connectivity index (χ3n) is 6.91. The van der Waals surface area contributed by atoms with Crippen LogP contribution < -0.4 is 4.74 Å². The van der Waals surface area contributed by atoms with Crippen molar-refractivity contribution >= 4 is 5.97 Å². The molecule has 0 bridgehead atoms. The fourth-order valence-electron chi connectivity index (χ4n) is 4.89. The van der Waals surface area contributed by atoms with Crippen molar-refractivity contribution in [2.75, 3.05) is 14.1 Å². The van der Waals surface area contributed by atoms with Crippen molar-refractivity contribution in [1.29, 1.82) is 0 Å². The van der Waals surface area contributed by atoms with Crippen LogP contribution in [0.5, 0.6) is 5.75 Å². The Balaban J connectivity index is 1.84. The number of hydrogen-bond donors (Lipinski definition) is 0. The van der Waals surface area contributed by atoms with Crippen LogP contribution in [-0.4, -0.2) is 36.9 Å². The number of hydrogen-bond acceptors (Lipinski definition) is 3. The minimum Gasteiger partial charge on any atom is -0.455 e. The second-order valence-corrected chi connectivity index (χ2v) is 10.7. The van der Waals surface area contributed by atoms with Crippen molar-refractivity contribution in [2.45, 2.75) is 110 Å². The molecule has 2 unspecified atom stereocenters. The van der Waals surface area contributed by atoms with E-state index in [2.05, 4.69) is 52.2 Å². The second-order valence-electron chi connectivity index (χ2n) is 10.7. The highest BCUT2D eigenvalue weighted by Gasteiger charge is 2.36. The minimum atomic E-state index is -0.632. The van der Waals surface area contributed by atoms with Gasteiger partial charge in [-0.3, -0.25) is 0 Å². The van der Waals surface area contributed by atoms with Crippen molar-refractivity contribution in [3.63, 3.8) is 0 Å². The van der Waals surface area contributed by atoms with Crippen molar-refractivity contribution in [1.82, 2.24) is 0 Å². The summed E-state index contributed by atoms with van der Waals surface area (Å²) in [5, 5.41) is 0. The van der Waals surface area contributed by atoms with E-state index in [1.807, 2.05) is 37.3 Å². The SMILES string of the molecule is CCCCCCCCCCc1cccc(OC(C)OC(=O)C(CCC)[N+](C)(C)Cc2ccccc2)c1. The Morgan fingerprint density at radius 3 is 2.11 bits per heavy atom. The standard InChI is InChI=1S/C32H50NO3/c1-6-8-9-10-11-12-13-15-20-28-23-18-24-30(25-28)35-27(3)36-32(34)31(19-7-2)33(4,5)26-29-21-16-14-17-22-29/h14,16-18,21-25,27,31H,6-13,15,19-20,26H2,1-5H3/q+1. The van der Waals surface area contributed by atoms with Crippen LogP contribution in [0.25, 0.3) is 0 Å². The van der Waals surface area contributed by atoms with Gasteiger partial charge in [-0.2, -0.15) is 0 Å². The normalized spacial score (nSPS) is 13.2. The first-order chi connectivity index (χ1) is 17.4. The largest absolute Gasteiger partial charge is 0.455 e. The minimum absolute atomic E-state index is 0.194. The molecule has 0 amide bonds. The maximum atomic E-state index is 13.2. The molecule has 0 aliphatic heterocycles. The number of quaternary nitrogens is 1. The Morgan fingerprint density at radius 2 is 1.44 bits per heavy atom. The maximum Gasteiger partial charge on any atom is 0.368 e. The molecular weight excluding hydrogens is 446 g/mol. The predicted molar refractivity (Wildman–Crippen MR) is 150 cm³/mol. The Morgan fingerprint density at radius 1 is 0.806 bits per heavy atom. The van der Waals surface area contributed by atoms with Gasteiger partial charge >= 0.3 is 5.97 Å². The Kier molecular flexibility index (Phi) is 13.6. The highest BCUT2D eigenvalue weighted by atomic mass is 16.7. The van der Waals surface area contributed by atoms with Gasteiger partial charge in [0.25, 0.3) is 0 Å². The van der Waals surface area contributed by atoms with Crippen molar-refractivity contribution < 1.29 is 18.8 Å². The van der Waals surface area contributed by atoms with E-state index < -0.39 is 6.29 Å². The van der Waals surface area contributed by atoms with E-state index in [1.165, 1.54) is 62.5 Å². The number of aryl methyl sites for hydroxylation is 1. The van der Waals surface area contributed by atoms with Crippen LogP contribution in [0.4, 0.5) is 0 Å². The molecule has 0 fully saturated rings. The quantitative estimate of drug-likeness (QED) is 0.0905. The van der Waals surface area contributed by atoms with E-state index in [1.54, 1.807) is 0 Å². The van der Waals surface area contributed by atoms with Crippen LogP contribution in [0.3, 0.4) is 0 Å². The van der Waals surface area contributed by atoms with Crippen LogP contribution in [0.1, 0.15) is 96.1 Å². The number of likely N-dealkylation sites (N-methyl/N-ethyl adjacent to an activating group) is 1. The number of carbonyl (C=O) groups excluding carboxylic acids is 1. The van der Waals surface area contributed by atoms with E-state index in [9.17, 15) is 4.79 Å². The van der Waals surface area contributed by atoms with E-state index in [0.717, 1.165) is 31.6 Å². The number of rotatable bonds is 18. The van der Waals surface area contributed by atoms with Gasteiger partial charge in [0.2, 0.25) is 6.29 Å². The van der Waals surface area contributed by atoms with Crippen molar-refractivity contribution in [3.8, 4) is 5.75 Å². The zero-order valence-electron chi connectivity index (χ0n) is 23.5. The smallest absolute Gasteiger partial charge is 0.368 e. The first-order valence-electron chi connectivity index (χ1n) is 14.2. The summed E-state index contributed by atoms with van der Waals surface area (Å²) < 4.78 is 12.4. The van der Waals surface area contributed by atoms with E-state index in [4.69, 9.17) is 9.47 Å². The van der Waals surface area contributed by atoms with Crippen molar-refractivity contribution in [3.05, 3.63) is 65.7 Å². The molecule has 0 N–H and O–H groups in total. The molecule has 2 rings (SSSR count). The average molecular weight is 497 g/mol. The van der Waals surface area contributed by atoms with Crippen LogP contribution >= 0.6 is 0 Å². The Bertz CT molecular complexity index is 865. The summed E-state index contributed by atoms with van der Waals surface area (Å²) in [7, 11) is 4.21. The zero-order valence-corrected chi connectivity index (χ0v) is 23.5. The molecule has 4 heteroatoms. The molecule has 36 heavy (non-hydrogen) atoms. The van der Waals surface area contributed by atoms with Gasteiger partial charge in [-0.05, 0) is 37.0 Å². The summed E-state index contributed by atoms with van der Waals surface area (Å²) in [4.78, 5) is 13.2. The summed E-state index contributed by atoms with van der Waals surface area (Å²) >= 11 is 0. The molecule has 2 aromatic carbocycles. The summed E-state index contributed by atoms with van der Waals surface area (Å²) in [6, 6.07) is 18.3. The second kappa shape index (κ2) is 16.4. The van der Waals surface area contributed by atoms with E-state index >= 15 is 0 Å². The molecule has 2 aromatic rings. The number of benzene rings is 2. The molecule has 0 saturated heterocycles. The highest BCUT2D eigenvalue weighted by molar-refractivity contribution is 5.74. The molecule has 200 valence electrons. The third-order valence-corrected chi connectivity index (χ3v) is 6.91. The molecule has 0 radical (unpaired) electrons. The number of nitrogens with zero attached hydrogens (tertiary/aromatic N) is 1. The van der Waals surface area contributed by atoms with Crippen molar-refractivity contribution in [2.24, 2.45) is 0 Å². The molecule has 4 nitrogen and oxygen atoms in total. The number of carbonyl (C=O) groups is 1. The zero-order chi connectivity index (χ0) is 26.2. The molecule has 0 aliphatic rings. The first-order valence-corrected chi connectivity index (χ1v) is 14.2. The molecule has 0 spiro atoms. The summed E-state index contributed by atoms with van der Waals surface area (Å²) in [5.41, 5.74) is 2.50. The molecule has 0 aromatic heterocycles. The maximum absolute atomic E-state index is 13.2. The number of ether oxygens (including phenoxy) is 2. The molecular formula is C32H50NO3+. The first kappa shape index (κ1) is 29.9. The predicted octanol–water partition coefficient (Wildman–Crippen LogP) is 8.08. The van der Waals surface area contributed by atoms with Crippen LogP contribution in [0.2, 0.25) is 0 Å². The Hall–Kier alpha value is -2.33. The van der Waals surface area contributed by atoms with Gasteiger partial charge in [0, 0.05) is 18.9 Å². The van der Waals surface area contributed by atoms with Crippen LogP contribution in [0, 0.1) is 0 Å². The summed E-state index contributed by atoms with van der Waals surface area (Å²) in [5.74, 6) is 0.567. The van der Waals surface area contributed by atoms with E-state index in [-0.39, 0.29) is 12.0 Å². The van der Waals surface area contributed by atoms with Gasteiger partial charge in [0.05, 0.1) is 14.1 Å². The Labute approximate surface area is 220 Å². The molecule has 0 heterocycles. The topological polar surface area (TPSA) is 35.5 Å². The van der Waals surface area contributed by atoms with Gasteiger partial charge in [-0.25, -0.2) is 4.79 Å². The molecule has 2 atom stereocenters. The van der Waals surface area contributed by atoms with Crippen LogP contribution in [-0.2, 0) is 22.5 Å². The molecule has 0 saturated carbocycles. The summed E-state index contributed by atoms with van der Waals surface area (Å²) in [6.07, 6.45) is 12.7. The fourth-order valence-corrected chi connectivity index (χ4v) is 4.89. The van der Waals surface area contributed by atoms with Gasteiger partial charge in [-0.15, -0.1) is 0 Å². The monoisotopic (exact) mass is 496 g/mol. The van der Waals surface area contributed by atoms with Gasteiger partial charge < -0.3 is 14.0 Å². The van der Waals surface area contributed by atoms with Gasteiger partial charge in [0.15, 0.2) is 6.04 Å². The lowest BCUT2D eigenvalue weighted by atomic mass is 10.0. The fraction of sp³-hybridized carbons (Fsp3) is 0.594. The van der Waals surface area contributed by atoms with Gasteiger partial charge in [-0.1, -0.05) is 101 Å². The van der Waals surface area contributed by atoms with Crippen LogP contribution in [0.15, 0.2) is 54.6 Å². The lowest BCUT2D eigenvalue weighted by molar-refractivity contribution is -0.920. The highest BCUT2D eigenvalue weighted by Crippen LogP contribution is 2.22. The third kappa shape index (κ3) is 11.2. The number of esters is 1. The van der Waals surface area contributed by atoms with E-state index in [0.29, 0.717) is 4.48 Å². The summed E-state index contributed by atoms with van der Waals surface area (Å²) in [6.45, 7) is 6.96. The average Bonchev–Trinajstić information content (AvgIpc) is 2.84. The molecule has 0 aliphatic carbocycles.